The summed E-state index contributed by atoms with van der Waals surface area (Å²) < 4.78 is 7.13. The molecule has 1 unspecified atom stereocenters. The van der Waals surface area contributed by atoms with Crippen molar-refractivity contribution in [1.82, 2.24) is 19.7 Å². The van der Waals surface area contributed by atoms with Crippen molar-refractivity contribution in [1.29, 1.82) is 0 Å². The third kappa shape index (κ3) is 3.05. The number of hydrogen-bond acceptors (Lipinski definition) is 5. The van der Waals surface area contributed by atoms with E-state index in [0.29, 0.717) is 6.04 Å². The molecule has 0 bridgehead atoms. The molecule has 3 rings (SSSR count). The van der Waals surface area contributed by atoms with Crippen molar-refractivity contribution in [2.24, 2.45) is 7.05 Å². The number of pyridine rings is 1. The molecule has 126 valence electrons. The molecule has 0 N–H and O–H groups in total. The number of ether oxygens (including phenoxy) is 1. The predicted molar refractivity (Wildman–Crippen MR) is 93.0 cm³/mol. The van der Waals surface area contributed by atoms with E-state index in [1.807, 2.05) is 17.9 Å². The lowest BCUT2D eigenvalue weighted by Crippen LogP contribution is -2.53. The first kappa shape index (κ1) is 16.2. The summed E-state index contributed by atoms with van der Waals surface area (Å²) in [6.45, 7) is 9.32. The summed E-state index contributed by atoms with van der Waals surface area (Å²) in [7, 11) is 3.74. The number of rotatable bonds is 5. The van der Waals surface area contributed by atoms with Crippen molar-refractivity contribution < 1.29 is 4.74 Å². The van der Waals surface area contributed by atoms with E-state index >= 15 is 0 Å². The molecule has 2 aromatic heterocycles. The Kier molecular flexibility index (Phi) is 4.82. The summed E-state index contributed by atoms with van der Waals surface area (Å²) in [5, 5.41) is 5.73. The monoisotopic (exact) mass is 317 g/mol. The maximum absolute atomic E-state index is 5.25. The van der Waals surface area contributed by atoms with E-state index < -0.39 is 0 Å². The number of nitrogens with zero attached hydrogens (tertiary/aromatic N) is 5. The molecule has 0 saturated carbocycles. The molecule has 6 nitrogen and oxygen atoms in total. The fraction of sp³-hybridized carbons (Fsp3) is 0.647. The van der Waals surface area contributed by atoms with E-state index in [0.717, 1.165) is 50.5 Å². The van der Waals surface area contributed by atoms with Crippen LogP contribution in [-0.2, 0) is 11.8 Å². The SMILES string of the molecule is CCC1CN(c2ccnc3c2c(C)nn3C)CCN1CCOC. The van der Waals surface area contributed by atoms with Gasteiger partial charge in [-0.15, -0.1) is 0 Å². The van der Waals surface area contributed by atoms with Gasteiger partial charge in [0.15, 0.2) is 5.65 Å². The van der Waals surface area contributed by atoms with E-state index in [2.05, 4.69) is 39.8 Å². The van der Waals surface area contributed by atoms with Gasteiger partial charge in [0.2, 0.25) is 0 Å². The highest BCUT2D eigenvalue weighted by Crippen LogP contribution is 2.29. The molecule has 0 radical (unpaired) electrons. The van der Waals surface area contributed by atoms with Crippen LogP contribution in [-0.4, -0.2) is 65.6 Å². The Bertz CT molecular complexity index is 668. The Morgan fingerprint density at radius 2 is 2.17 bits per heavy atom. The summed E-state index contributed by atoms with van der Waals surface area (Å²) in [5.74, 6) is 0. The first-order valence-electron chi connectivity index (χ1n) is 8.42. The van der Waals surface area contributed by atoms with Gasteiger partial charge in [0.25, 0.3) is 0 Å². The van der Waals surface area contributed by atoms with Crippen LogP contribution in [0.15, 0.2) is 12.3 Å². The molecule has 1 aliphatic rings. The van der Waals surface area contributed by atoms with E-state index in [4.69, 9.17) is 4.74 Å². The van der Waals surface area contributed by atoms with Gasteiger partial charge in [-0.2, -0.15) is 5.10 Å². The highest BCUT2D eigenvalue weighted by atomic mass is 16.5. The van der Waals surface area contributed by atoms with Gasteiger partial charge in [0.1, 0.15) is 0 Å². The normalized spacial score (nSPS) is 19.7. The molecule has 23 heavy (non-hydrogen) atoms. The second-order valence-corrected chi connectivity index (χ2v) is 6.27. The molecule has 1 aliphatic heterocycles. The maximum atomic E-state index is 5.25. The average molecular weight is 317 g/mol. The number of fused-ring (bicyclic) bond motifs is 1. The smallest absolute Gasteiger partial charge is 0.159 e. The Labute approximate surface area is 138 Å². The Balaban J connectivity index is 1.86. The average Bonchev–Trinajstić information content (AvgIpc) is 2.87. The third-order valence-corrected chi connectivity index (χ3v) is 4.88. The number of piperazine rings is 1. The van der Waals surface area contributed by atoms with E-state index in [1.165, 1.54) is 11.1 Å². The van der Waals surface area contributed by atoms with Gasteiger partial charge >= 0.3 is 0 Å². The molecule has 0 aromatic carbocycles. The minimum Gasteiger partial charge on any atom is -0.383 e. The summed E-state index contributed by atoms with van der Waals surface area (Å²) in [6, 6.07) is 2.70. The summed E-state index contributed by atoms with van der Waals surface area (Å²) >= 11 is 0. The first-order chi connectivity index (χ1) is 11.2. The lowest BCUT2D eigenvalue weighted by Gasteiger charge is -2.42. The van der Waals surface area contributed by atoms with Gasteiger partial charge in [-0.1, -0.05) is 6.92 Å². The molecule has 3 heterocycles. The van der Waals surface area contributed by atoms with E-state index in [1.54, 1.807) is 7.11 Å². The zero-order valence-electron chi connectivity index (χ0n) is 14.6. The molecule has 6 heteroatoms. The van der Waals surface area contributed by atoms with Gasteiger partial charge in [0, 0.05) is 52.6 Å². The zero-order chi connectivity index (χ0) is 16.4. The molecule has 1 atom stereocenters. The van der Waals surface area contributed by atoms with Crippen LogP contribution >= 0.6 is 0 Å². The minimum atomic E-state index is 0.569. The van der Waals surface area contributed by atoms with Crippen molar-refractivity contribution >= 4 is 16.7 Å². The van der Waals surface area contributed by atoms with Crippen LogP contribution in [0, 0.1) is 6.92 Å². The second-order valence-electron chi connectivity index (χ2n) is 6.27. The number of methoxy groups -OCH3 is 1. The van der Waals surface area contributed by atoms with Crippen LogP contribution in [0.4, 0.5) is 5.69 Å². The standard InChI is InChI=1S/C17H27N5O/c1-5-14-12-22(9-8-21(14)10-11-23-4)15-6-7-18-17-16(15)13(2)19-20(17)3/h6-7,14H,5,8-12H2,1-4H3. The lowest BCUT2D eigenvalue weighted by molar-refractivity contribution is 0.109. The first-order valence-corrected chi connectivity index (χ1v) is 8.42. The summed E-state index contributed by atoms with van der Waals surface area (Å²) in [4.78, 5) is 9.54. The van der Waals surface area contributed by atoms with Gasteiger partial charge in [-0.3, -0.25) is 9.58 Å². The third-order valence-electron chi connectivity index (χ3n) is 4.88. The molecule has 0 aliphatic carbocycles. The van der Waals surface area contributed by atoms with Gasteiger partial charge in [-0.05, 0) is 19.4 Å². The predicted octanol–water partition coefficient (Wildman–Crippen LogP) is 1.82. The maximum Gasteiger partial charge on any atom is 0.159 e. The van der Waals surface area contributed by atoms with Gasteiger partial charge in [0.05, 0.1) is 23.4 Å². The fourth-order valence-corrected chi connectivity index (χ4v) is 3.62. The topological polar surface area (TPSA) is 46.4 Å². The molecule has 1 saturated heterocycles. The van der Waals surface area contributed by atoms with Crippen molar-refractivity contribution in [3.05, 3.63) is 18.0 Å². The second kappa shape index (κ2) is 6.84. The molecular weight excluding hydrogens is 290 g/mol. The van der Waals surface area contributed by atoms with E-state index in [9.17, 15) is 0 Å². The van der Waals surface area contributed by atoms with Crippen LogP contribution in [0.1, 0.15) is 19.0 Å². The molecule has 2 aromatic rings. The molecule has 1 fully saturated rings. The highest BCUT2D eigenvalue weighted by Gasteiger charge is 2.27. The highest BCUT2D eigenvalue weighted by molar-refractivity contribution is 5.91. The van der Waals surface area contributed by atoms with Gasteiger partial charge in [-0.25, -0.2) is 4.98 Å². The fourth-order valence-electron chi connectivity index (χ4n) is 3.62. The molecular formula is C17H27N5O. The zero-order valence-corrected chi connectivity index (χ0v) is 14.6. The number of aromatic nitrogens is 3. The van der Waals surface area contributed by atoms with Crippen molar-refractivity contribution in [2.45, 2.75) is 26.3 Å². The van der Waals surface area contributed by atoms with E-state index in [-0.39, 0.29) is 0 Å². The number of anilines is 1. The van der Waals surface area contributed by atoms with Crippen molar-refractivity contribution in [3.8, 4) is 0 Å². The Morgan fingerprint density at radius 3 is 2.91 bits per heavy atom. The van der Waals surface area contributed by atoms with Crippen LogP contribution in [0.2, 0.25) is 0 Å². The van der Waals surface area contributed by atoms with Crippen LogP contribution in [0.3, 0.4) is 0 Å². The van der Waals surface area contributed by atoms with Crippen LogP contribution in [0.5, 0.6) is 0 Å². The summed E-state index contributed by atoms with van der Waals surface area (Å²) in [5.41, 5.74) is 3.29. The largest absolute Gasteiger partial charge is 0.383 e. The lowest BCUT2D eigenvalue weighted by atomic mass is 10.1. The quantitative estimate of drug-likeness (QED) is 0.842. The molecule has 0 spiro atoms. The van der Waals surface area contributed by atoms with Crippen molar-refractivity contribution in [3.63, 3.8) is 0 Å². The van der Waals surface area contributed by atoms with Crippen LogP contribution in [0.25, 0.3) is 11.0 Å². The number of hydrogen-bond donors (Lipinski definition) is 0. The van der Waals surface area contributed by atoms with Crippen LogP contribution < -0.4 is 4.90 Å². The minimum absolute atomic E-state index is 0.569. The van der Waals surface area contributed by atoms with Crippen molar-refractivity contribution in [2.75, 3.05) is 44.8 Å². The van der Waals surface area contributed by atoms with Gasteiger partial charge < -0.3 is 9.64 Å². The number of aryl methyl sites for hydroxylation is 2. The Hall–Kier alpha value is -1.66. The Morgan fingerprint density at radius 1 is 1.35 bits per heavy atom. The summed E-state index contributed by atoms with van der Waals surface area (Å²) in [6.07, 6.45) is 3.05. The molecule has 0 amide bonds.